The summed E-state index contributed by atoms with van der Waals surface area (Å²) in [7, 11) is 1.47. The third kappa shape index (κ3) is 2.31. The van der Waals surface area contributed by atoms with Crippen molar-refractivity contribution in [2.75, 3.05) is 7.11 Å². The van der Waals surface area contributed by atoms with E-state index in [4.69, 9.17) is 14.5 Å². The van der Waals surface area contributed by atoms with Crippen LogP contribution in [-0.2, 0) is 19.3 Å². The van der Waals surface area contributed by atoms with Crippen molar-refractivity contribution in [1.29, 1.82) is 0 Å². The van der Waals surface area contributed by atoms with Gasteiger partial charge in [0.15, 0.2) is 0 Å². The molecule has 0 aliphatic carbocycles. The van der Waals surface area contributed by atoms with Gasteiger partial charge in [-0.1, -0.05) is 13.0 Å². The molecule has 0 N–H and O–H groups in total. The highest BCUT2D eigenvalue weighted by Gasteiger charge is 2.31. The minimum absolute atomic E-state index is 0.636. The van der Waals surface area contributed by atoms with Gasteiger partial charge < -0.3 is 14.6 Å². The van der Waals surface area contributed by atoms with Gasteiger partial charge >= 0.3 is 0 Å². The van der Waals surface area contributed by atoms with Crippen molar-refractivity contribution in [3.8, 4) is 0 Å². The summed E-state index contributed by atoms with van der Waals surface area (Å²) in [5.41, 5.74) is 0. The Kier molecular flexibility index (Phi) is 3.25. The Morgan fingerprint density at radius 1 is 1.71 bits per heavy atom. The fraction of sp³-hybridized carbons (Fsp3) is 0.667. The summed E-state index contributed by atoms with van der Waals surface area (Å²) in [6.07, 6.45) is 2.57. The molecular formula is C9H13O5-. The molecule has 1 heterocycles. The van der Waals surface area contributed by atoms with Crippen LogP contribution >= 0.6 is 0 Å². The first-order valence-electron chi connectivity index (χ1n) is 4.28. The van der Waals surface area contributed by atoms with Crippen molar-refractivity contribution in [3.05, 3.63) is 12.2 Å². The molecule has 1 aliphatic heterocycles. The summed E-state index contributed by atoms with van der Waals surface area (Å²) in [6, 6.07) is 0. The highest BCUT2D eigenvalue weighted by atomic mass is 17.2. The Morgan fingerprint density at radius 3 is 2.71 bits per heavy atom. The molecule has 0 aromatic heterocycles. The minimum Gasteiger partial charge on any atom is -0.550 e. The van der Waals surface area contributed by atoms with Gasteiger partial charge in [-0.15, -0.1) is 0 Å². The molecule has 80 valence electrons. The lowest BCUT2D eigenvalue weighted by Gasteiger charge is -2.32. The van der Waals surface area contributed by atoms with E-state index in [1.165, 1.54) is 14.0 Å². The molecule has 0 aromatic rings. The van der Waals surface area contributed by atoms with Gasteiger partial charge in [0, 0.05) is 19.0 Å². The van der Waals surface area contributed by atoms with Gasteiger partial charge in [0.05, 0.1) is 0 Å². The topological polar surface area (TPSA) is 67.8 Å². The molecule has 5 nitrogen and oxygen atoms in total. The molecule has 0 radical (unpaired) electrons. The Hall–Kier alpha value is -0.910. The number of ether oxygens (including phenoxy) is 1. The maximum Gasteiger partial charge on any atom is 0.217 e. The van der Waals surface area contributed by atoms with Crippen LogP contribution in [0.4, 0.5) is 0 Å². The second-order valence-electron chi connectivity index (χ2n) is 3.33. The number of carboxylic acids is 1. The van der Waals surface area contributed by atoms with Gasteiger partial charge in [0.2, 0.25) is 5.79 Å². The monoisotopic (exact) mass is 201 g/mol. The fourth-order valence-electron chi connectivity index (χ4n) is 0.967. The van der Waals surface area contributed by atoms with Crippen molar-refractivity contribution in [1.82, 2.24) is 0 Å². The first-order chi connectivity index (χ1) is 6.48. The van der Waals surface area contributed by atoms with E-state index in [-0.39, 0.29) is 0 Å². The Labute approximate surface area is 82.2 Å². The molecule has 0 saturated heterocycles. The van der Waals surface area contributed by atoms with Crippen LogP contribution < -0.4 is 5.11 Å². The van der Waals surface area contributed by atoms with Gasteiger partial charge in [-0.05, 0) is 13.0 Å². The second kappa shape index (κ2) is 4.08. The summed E-state index contributed by atoms with van der Waals surface area (Å²) in [4.78, 5) is 20.3. The summed E-state index contributed by atoms with van der Waals surface area (Å²) in [5.74, 6) is -2.88. The molecule has 14 heavy (non-hydrogen) atoms. The van der Waals surface area contributed by atoms with E-state index in [1.54, 1.807) is 19.1 Å². The van der Waals surface area contributed by atoms with Gasteiger partial charge in [-0.3, -0.25) is 0 Å². The predicted octanol–water partition coefficient (Wildman–Crippen LogP) is -0.378. The van der Waals surface area contributed by atoms with Crippen molar-refractivity contribution in [2.45, 2.75) is 25.7 Å². The molecule has 0 bridgehead atoms. The van der Waals surface area contributed by atoms with Crippen LogP contribution in [0.15, 0.2) is 12.2 Å². The standard InChI is InChI=1S/C9H14O5/c1-6(8(10)11)7-4-5-9(2,12-3)14-13-7/h4-7H,1-3H3,(H,10,11)/p-1. The minimum atomic E-state index is -1.18. The number of carbonyl (C=O) groups is 1. The first-order valence-corrected chi connectivity index (χ1v) is 4.28. The van der Waals surface area contributed by atoms with E-state index < -0.39 is 23.8 Å². The van der Waals surface area contributed by atoms with E-state index in [0.29, 0.717) is 0 Å². The van der Waals surface area contributed by atoms with Crippen LogP contribution in [-0.4, -0.2) is 25.0 Å². The number of aliphatic carboxylic acids is 1. The smallest absolute Gasteiger partial charge is 0.217 e. The van der Waals surface area contributed by atoms with Crippen LogP contribution in [0.25, 0.3) is 0 Å². The molecule has 1 rings (SSSR count). The van der Waals surface area contributed by atoms with E-state index in [0.717, 1.165) is 0 Å². The quantitative estimate of drug-likeness (QED) is 0.460. The molecule has 5 heteroatoms. The molecule has 0 fully saturated rings. The molecule has 0 aromatic carbocycles. The van der Waals surface area contributed by atoms with E-state index in [2.05, 4.69) is 0 Å². The lowest BCUT2D eigenvalue weighted by Crippen LogP contribution is -2.42. The van der Waals surface area contributed by atoms with Gasteiger partial charge in [-0.25, -0.2) is 4.89 Å². The van der Waals surface area contributed by atoms with Crippen LogP contribution in [0, 0.1) is 5.92 Å². The van der Waals surface area contributed by atoms with E-state index in [1.807, 2.05) is 0 Å². The normalized spacial score (nSPS) is 34.1. The van der Waals surface area contributed by atoms with Crippen LogP contribution in [0.2, 0.25) is 0 Å². The third-order valence-corrected chi connectivity index (χ3v) is 2.18. The lowest BCUT2D eigenvalue weighted by atomic mass is 10.0. The molecule has 0 saturated carbocycles. The number of hydrogen-bond acceptors (Lipinski definition) is 5. The highest BCUT2D eigenvalue weighted by molar-refractivity contribution is 5.68. The molecule has 3 unspecified atom stereocenters. The Balaban J connectivity index is 2.64. The van der Waals surface area contributed by atoms with E-state index >= 15 is 0 Å². The number of rotatable bonds is 3. The number of carboxylic acid groups (broad SMARTS) is 1. The van der Waals surface area contributed by atoms with Crippen LogP contribution in [0.1, 0.15) is 13.8 Å². The number of methoxy groups -OCH3 is 1. The largest absolute Gasteiger partial charge is 0.550 e. The summed E-state index contributed by atoms with van der Waals surface area (Å²) >= 11 is 0. The van der Waals surface area contributed by atoms with Crippen molar-refractivity contribution in [3.63, 3.8) is 0 Å². The number of hydrogen-bond donors (Lipinski definition) is 0. The summed E-state index contributed by atoms with van der Waals surface area (Å²) in [6.45, 7) is 3.15. The van der Waals surface area contributed by atoms with Crippen molar-refractivity contribution < 1.29 is 24.4 Å². The van der Waals surface area contributed by atoms with Crippen molar-refractivity contribution >= 4 is 5.97 Å². The highest BCUT2D eigenvalue weighted by Crippen LogP contribution is 2.23. The van der Waals surface area contributed by atoms with Crippen LogP contribution in [0.5, 0.6) is 0 Å². The average Bonchev–Trinajstić information content (AvgIpc) is 2.18. The zero-order valence-electron chi connectivity index (χ0n) is 8.35. The molecule has 3 atom stereocenters. The number of carbonyl (C=O) groups excluding carboxylic acids is 1. The lowest BCUT2D eigenvalue weighted by molar-refractivity contribution is -0.428. The second-order valence-corrected chi connectivity index (χ2v) is 3.33. The molecule has 1 aliphatic rings. The van der Waals surface area contributed by atoms with Crippen molar-refractivity contribution in [2.24, 2.45) is 5.92 Å². The Bertz CT molecular complexity index is 250. The fourth-order valence-corrected chi connectivity index (χ4v) is 0.967. The zero-order chi connectivity index (χ0) is 10.8. The average molecular weight is 201 g/mol. The summed E-state index contributed by atoms with van der Waals surface area (Å²) < 4.78 is 4.97. The predicted molar refractivity (Wildman–Crippen MR) is 44.7 cm³/mol. The Morgan fingerprint density at radius 2 is 2.36 bits per heavy atom. The maximum absolute atomic E-state index is 10.5. The van der Waals surface area contributed by atoms with Gasteiger partial charge in [-0.2, -0.15) is 4.89 Å². The van der Waals surface area contributed by atoms with E-state index in [9.17, 15) is 9.90 Å². The van der Waals surface area contributed by atoms with Gasteiger partial charge in [0.25, 0.3) is 0 Å². The van der Waals surface area contributed by atoms with Crippen LogP contribution in [0.3, 0.4) is 0 Å². The zero-order valence-corrected chi connectivity index (χ0v) is 8.35. The maximum atomic E-state index is 10.5. The first kappa shape index (κ1) is 11.2. The molecule has 0 amide bonds. The molecular weight excluding hydrogens is 188 g/mol. The molecule has 0 spiro atoms. The third-order valence-electron chi connectivity index (χ3n) is 2.18. The van der Waals surface area contributed by atoms with Gasteiger partial charge in [0.1, 0.15) is 6.10 Å². The summed E-state index contributed by atoms with van der Waals surface area (Å²) in [5, 5.41) is 10.5. The SMILES string of the molecule is COC1(C)C=CC(C(C)C(=O)[O-])OO1.